The molecule has 0 amide bonds. The van der Waals surface area contributed by atoms with Crippen LogP contribution in [0.5, 0.6) is 0 Å². The topological polar surface area (TPSA) is 157 Å². The van der Waals surface area contributed by atoms with Crippen molar-refractivity contribution in [3.05, 3.63) is 29.8 Å². The Morgan fingerprint density at radius 2 is 2.15 bits per heavy atom. The molecule has 10 nitrogen and oxygen atoms in total. The van der Waals surface area contributed by atoms with Gasteiger partial charge in [-0.25, -0.2) is 13.6 Å². The number of aromatic nitrogens is 5. The average molecular weight is 395 g/mol. The Morgan fingerprint density at radius 3 is 2.67 bits per heavy atom. The number of sulfonamides is 1. The van der Waals surface area contributed by atoms with Crippen molar-refractivity contribution in [2.75, 3.05) is 17.6 Å². The van der Waals surface area contributed by atoms with Crippen LogP contribution in [0.2, 0.25) is 0 Å². The number of pyridine rings is 1. The lowest BCUT2D eigenvalue weighted by atomic mass is 9.82. The van der Waals surface area contributed by atoms with Gasteiger partial charge in [-0.2, -0.15) is 5.21 Å². The summed E-state index contributed by atoms with van der Waals surface area (Å²) in [6, 6.07) is 3.64. The van der Waals surface area contributed by atoms with Gasteiger partial charge in [-0.3, -0.25) is 9.78 Å². The SMILES string of the molecule is CCC[C@H](C(C)=O)[C@H](Cc1ccc(NCCS(N)(=O)=O)cn1)c1nn[nH]n1. The number of anilines is 1. The Morgan fingerprint density at radius 1 is 1.37 bits per heavy atom. The Balaban J connectivity index is 2.09. The summed E-state index contributed by atoms with van der Waals surface area (Å²) in [5.74, 6) is 0.0111. The van der Waals surface area contributed by atoms with Crippen LogP contribution < -0.4 is 10.5 Å². The highest BCUT2D eigenvalue weighted by Crippen LogP contribution is 2.29. The second kappa shape index (κ2) is 9.51. The molecule has 0 radical (unpaired) electrons. The molecule has 27 heavy (non-hydrogen) atoms. The minimum Gasteiger partial charge on any atom is -0.383 e. The third-order valence-corrected chi connectivity index (χ3v) is 5.04. The lowest BCUT2D eigenvalue weighted by Gasteiger charge is -2.22. The lowest BCUT2D eigenvalue weighted by molar-refractivity contribution is -0.121. The van der Waals surface area contributed by atoms with Gasteiger partial charge in [-0.1, -0.05) is 18.6 Å². The summed E-state index contributed by atoms with van der Waals surface area (Å²) in [6.07, 6.45) is 3.73. The van der Waals surface area contributed by atoms with E-state index >= 15 is 0 Å². The Bertz CT molecular complexity index is 822. The third-order valence-electron chi connectivity index (χ3n) is 4.27. The van der Waals surface area contributed by atoms with Crippen molar-refractivity contribution in [3.8, 4) is 0 Å². The molecule has 11 heteroatoms. The number of nitrogens with one attached hydrogen (secondary N) is 2. The van der Waals surface area contributed by atoms with Crippen LogP contribution in [0.25, 0.3) is 0 Å². The van der Waals surface area contributed by atoms with Crippen LogP contribution in [-0.2, 0) is 21.2 Å². The van der Waals surface area contributed by atoms with Gasteiger partial charge < -0.3 is 5.32 Å². The molecule has 2 heterocycles. The van der Waals surface area contributed by atoms with Crippen molar-refractivity contribution < 1.29 is 13.2 Å². The maximum atomic E-state index is 12.1. The van der Waals surface area contributed by atoms with E-state index < -0.39 is 10.0 Å². The minimum absolute atomic E-state index is 0.0907. The van der Waals surface area contributed by atoms with Crippen LogP contribution in [0.1, 0.15) is 44.1 Å². The smallest absolute Gasteiger partial charge is 0.210 e. The molecular formula is C16H25N7O3S. The van der Waals surface area contributed by atoms with Gasteiger partial charge in [0, 0.05) is 30.5 Å². The van der Waals surface area contributed by atoms with Crippen LogP contribution in [0.15, 0.2) is 18.3 Å². The van der Waals surface area contributed by atoms with Gasteiger partial charge in [0.05, 0.1) is 17.6 Å². The number of primary sulfonamides is 1. The van der Waals surface area contributed by atoms with Gasteiger partial charge in [-0.15, -0.1) is 10.2 Å². The summed E-state index contributed by atoms with van der Waals surface area (Å²) in [5.41, 5.74) is 1.47. The number of aromatic amines is 1. The molecule has 0 bridgehead atoms. The zero-order chi connectivity index (χ0) is 19.9. The van der Waals surface area contributed by atoms with Gasteiger partial charge in [-0.05, 0) is 25.5 Å². The molecule has 0 aliphatic carbocycles. The molecule has 148 valence electrons. The summed E-state index contributed by atoms with van der Waals surface area (Å²) in [4.78, 5) is 16.5. The first-order chi connectivity index (χ1) is 12.8. The van der Waals surface area contributed by atoms with Crippen molar-refractivity contribution in [2.45, 2.75) is 39.0 Å². The van der Waals surface area contributed by atoms with Crippen molar-refractivity contribution in [1.29, 1.82) is 0 Å². The van der Waals surface area contributed by atoms with Crippen LogP contribution in [-0.4, -0.2) is 52.1 Å². The van der Waals surface area contributed by atoms with E-state index in [4.69, 9.17) is 5.14 Å². The van der Waals surface area contributed by atoms with Gasteiger partial charge in [0.15, 0.2) is 5.82 Å². The van der Waals surface area contributed by atoms with Crippen LogP contribution in [0.4, 0.5) is 5.69 Å². The number of nitrogens with zero attached hydrogens (tertiary/aromatic N) is 4. The van der Waals surface area contributed by atoms with Gasteiger partial charge in [0.2, 0.25) is 10.0 Å². The number of hydrogen-bond acceptors (Lipinski definition) is 8. The quantitative estimate of drug-likeness (QED) is 0.500. The second-order valence-electron chi connectivity index (χ2n) is 6.42. The number of carbonyl (C=O) groups excluding carboxylic acids is 1. The molecule has 4 N–H and O–H groups in total. The van der Waals surface area contributed by atoms with E-state index in [-0.39, 0.29) is 29.9 Å². The van der Waals surface area contributed by atoms with Crippen molar-refractivity contribution in [1.82, 2.24) is 25.6 Å². The maximum Gasteiger partial charge on any atom is 0.210 e. The summed E-state index contributed by atoms with van der Waals surface area (Å²) in [7, 11) is -3.50. The number of H-pyrrole nitrogens is 1. The van der Waals surface area contributed by atoms with Crippen molar-refractivity contribution in [2.24, 2.45) is 11.1 Å². The predicted molar refractivity (Wildman–Crippen MR) is 100 cm³/mol. The molecule has 2 aromatic rings. The fourth-order valence-electron chi connectivity index (χ4n) is 2.95. The first-order valence-electron chi connectivity index (χ1n) is 8.73. The third kappa shape index (κ3) is 6.68. The first-order valence-corrected chi connectivity index (χ1v) is 10.4. The fourth-order valence-corrected chi connectivity index (χ4v) is 3.34. The molecule has 2 aromatic heterocycles. The minimum atomic E-state index is -3.50. The summed E-state index contributed by atoms with van der Waals surface area (Å²) in [5, 5.41) is 22.1. The average Bonchev–Trinajstić information content (AvgIpc) is 3.12. The summed E-state index contributed by atoms with van der Waals surface area (Å²) < 4.78 is 21.9. The Labute approximate surface area is 158 Å². The van der Waals surface area contributed by atoms with E-state index in [1.165, 1.54) is 0 Å². The second-order valence-corrected chi connectivity index (χ2v) is 8.15. The maximum absolute atomic E-state index is 12.1. The van der Waals surface area contributed by atoms with Gasteiger partial charge >= 0.3 is 0 Å². The summed E-state index contributed by atoms with van der Waals surface area (Å²) in [6.45, 7) is 3.82. The Hall–Kier alpha value is -2.40. The number of rotatable bonds is 11. The number of carbonyl (C=O) groups is 1. The zero-order valence-corrected chi connectivity index (χ0v) is 16.2. The van der Waals surface area contributed by atoms with E-state index in [9.17, 15) is 13.2 Å². The zero-order valence-electron chi connectivity index (χ0n) is 15.4. The highest BCUT2D eigenvalue weighted by atomic mass is 32.2. The molecule has 0 fully saturated rings. The lowest BCUT2D eigenvalue weighted by Crippen LogP contribution is -2.24. The van der Waals surface area contributed by atoms with E-state index in [1.807, 2.05) is 13.0 Å². The predicted octanol–water partition coefficient (Wildman–Crippen LogP) is 0.627. The molecule has 0 aliphatic rings. The van der Waals surface area contributed by atoms with Crippen molar-refractivity contribution >= 4 is 21.5 Å². The van der Waals surface area contributed by atoms with E-state index in [0.29, 0.717) is 17.9 Å². The highest BCUT2D eigenvalue weighted by molar-refractivity contribution is 7.89. The number of ketones is 1. The van der Waals surface area contributed by atoms with E-state index in [2.05, 4.69) is 30.9 Å². The van der Waals surface area contributed by atoms with Crippen LogP contribution in [0, 0.1) is 5.92 Å². The molecule has 0 unspecified atom stereocenters. The molecule has 0 aliphatic heterocycles. The van der Waals surface area contributed by atoms with E-state index in [0.717, 1.165) is 18.5 Å². The standard InChI is InChI=1S/C16H25N7O3S/c1-3-4-14(11(2)24)15(16-20-22-23-21-16)9-12-5-6-13(10-19-12)18-7-8-27(17,25)26/h5-6,10,14-15,18H,3-4,7-9H2,1-2H3,(H2,17,25,26)(H,20,21,22,23)/t14-,15+/m1/s1. The van der Waals surface area contributed by atoms with Gasteiger partial charge in [0.1, 0.15) is 5.78 Å². The number of tetrazole rings is 1. The number of Topliss-reactive ketones (excluding diaryl/α,β-unsaturated/α-hetero) is 1. The number of nitrogens with two attached hydrogens (primary N) is 1. The Kier molecular flexibility index (Phi) is 7.36. The molecule has 2 rings (SSSR count). The molecule has 2 atom stereocenters. The largest absolute Gasteiger partial charge is 0.383 e. The highest BCUT2D eigenvalue weighted by Gasteiger charge is 2.30. The van der Waals surface area contributed by atoms with Crippen LogP contribution in [0.3, 0.4) is 0 Å². The normalized spacial score (nSPS) is 13.9. The summed E-state index contributed by atoms with van der Waals surface area (Å²) >= 11 is 0. The van der Waals surface area contributed by atoms with Crippen molar-refractivity contribution in [3.63, 3.8) is 0 Å². The van der Waals surface area contributed by atoms with Crippen LogP contribution >= 0.6 is 0 Å². The molecule has 0 aromatic carbocycles. The molecule has 0 spiro atoms. The molecule has 0 saturated carbocycles. The van der Waals surface area contributed by atoms with E-state index in [1.54, 1.807) is 19.2 Å². The molecular weight excluding hydrogens is 370 g/mol. The van der Waals surface area contributed by atoms with Gasteiger partial charge in [0.25, 0.3) is 0 Å². The number of hydrogen-bond donors (Lipinski definition) is 3. The molecule has 0 saturated heterocycles. The fraction of sp³-hybridized carbons (Fsp3) is 0.562. The monoisotopic (exact) mass is 395 g/mol. The first kappa shape index (κ1) is 20.9.